The molecule has 3 atom stereocenters. The molecule has 2 aliphatic heterocycles. The lowest BCUT2D eigenvalue weighted by Gasteiger charge is -2.50. The standard InChI is InChI=1S/C30H25ClF6N4O6S/c31-16-4-5-18-15(11-16)6-10-41(24(18)25(38)44)27(46)28(47-17-12-21(48-14-17)30(35,36)37)7-2-9-40(20(28)13-22(42)43)26(45)23-19(29(32,33)34)3-1-8-39-23/h1,3-5,8,11-12,14,20,24H,2,6-7,9-10,13H2,(H2,38,44)(H,42,43)/t20-,24?,28+/m1/s1. The molecular weight excluding hydrogens is 694 g/mol. The number of nitrogens with two attached hydrogens (primary N) is 1. The van der Waals surface area contributed by atoms with Crippen LogP contribution in [0.25, 0.3) is 0 Å². The van der Waals surface area contributed by atoms with E-state index in [2.05, 4.69) is 4.98 Å². The number of aliphatic carboxylic acids is 1. The fourth-order valence-electron chi connectivity index (χ4n) is 6.22. The lowest BCUT2D eigenvalue weighted by Crippen LogP contribution is -2.69. The van der Waals surface area contributed by atoms with Crippen molar-refractivity contribution in [2.75, 3.05) is 13.1 Å². The van der Waals surface area contributed by atoms with E-state index in [1.54, 1.807) is 6.07 Å². The maximum absolute atomic E-state index is 14.8. The van der Waals surface area contributed by atoms with E-state index < -0.39 is 88.5 Å². The van der Waals surface area contributed by atoms with E-state index in [0.717, 1.165) is 22.5 Å². The van der Waals surface area contributed by atoms with Crippen LogP contribution in [0.2, 0.25) is 5.02 Å². The van der Waals surface area contributed by atoms with Gasteiger partial charge < -0.3 is 25.4 Å². The summed E-state index contributed by atoms with van der Waals surface area (Å²) in [7, 11) is 0. The van der Waals surface area contributed by atoms with Crippen molar-refractivity contribution >= 4 is 46.6 Å². The first kappa shape index (κ1) is 34.9. The molecular formula is C30H25ClF6N4O6S. The van der Waals surface area contributed by atoms with Crippen LogP contribution in [0.4, 0.5) is 26.3 Å². The first-order valence-corrected chi connectivity index (χ1v) is 15.5. The summed E-state index contributed by atoms with van der Waals surface area (Å²) in [5.74, 6) is -5.63. The summed E-state index contributed by atoms with van der Waals surface area (Å²) in [5, 5.41) is 11.2. The molecule has 10 nitrogen and oxygen atoms in total. The van der Waals surface area contributed by atoms with Crippen LogP contribution in [0, 0.1) is 0 Å². The van der Waals surface area contributed by atoms with Crippen LogP contribution >= 0.6 is 22.9 Å². The van der Waals surface area contributed by atoms with E-state index in [9.17, 15) is 50.6 Å². The minimum Gasteiger partial charge on any atom is -0.481 e. The molecule has 48 heavy (non-hydrogen) atoms. The molecule has 1 saturated heterocycles. The second kappa shape index (κ2) is 12.9. The Morgan fingerprint density at radius 2 is 1.79 bits per heavy atom. The van der Waals surface area contributed by atoms with Crippen molar-refractivity contribution in [3.63, 3.8) is 0 Å². The van der Waals surface area contributed by atoms with Gasteiger partial charge in [-0.3, -0.25) is 24.2 Å². The van der Waals surface area contributed by atoms with E-state index in [4.69, 9.17) is 22.1 Å². The van der Waals surface area contributed by atoms with Gasteiger partial charge in [0.2, 0.25) is 11.5 Å². The first-order valence-electron chi connectivity index (χ1n) is 14.2. The molecule has 3 N–H and O–H groups in total. The number of hydrogen-bond donors (Lipinski definition) is 2. The van der Waals surface area contributed by atoms with Crippen molar-refractivity contribution in [1.82, 2.24) is 14.8 Å². The summed E-state index contributed by atoms with van der Waals surface area (Å²) in [6.45, 7) is -0.574. The number of thiophene rings is 1. The number of piperidine rings is 1. The number of carbonyl (C=O) groups is 4. The average Bonchev–Trinajstić information content (AvgIpc) is 3.49. The summed E-state index contributed by atoms with van der Waals surface area (Å²) in [5.41, 5.74) is 1.56. The fraction of sp³-hybridized carbons (Fsp3) is 0.367. The van der Waals surface area contributed by atoms with E-state index in [1.165, 1.54) is 12.1 Å². The summed E-state index contributed by atoms with van der Waals surface area (Å²) in [4.78, 5) is 58.0. The van der Waals surface area contributed by atoms with Crippen LogP contribution in [-0.4, -0.2) is 68.3 Å². The molecule has 0 radical (unpaired) electrons. The van der Waals surface area contributed by atoms with Crippen molar-refractivity contribution in [3.05, 3.63) is 80.3 Å². The highest BCUT2D eigenvalue weighted by molar-refractivity contribution is 7.10. The fourth-order valence-corrected chi connectivity index (χ4v) is 7.09. The number of pyridine rings is 1. The molecule has 4 heterocycles. The highest BCUT2D eigenvalue weighted by Gasteiger charge is 2.58. The Morgan fingerprint density at radius 3 is 2.42 bits per heavy atom. The molecule has 0 spiro atoms. The predicted molar refractivity (Wildman–Crippen MR) is 157 cm³/mol. The van der Waals surface area contributed by atoms with Gasteiger partial charge in [0.25, 0.3) is 11.8 Å². The van der Waals surface area contributed by atoms with Gasteiger partial charge in [-0.2, -0.15) is 26.3 Å². The number of likely N-dealkylation sites (tertiary alicyclic amines) is 1. The number of alkyl halides is 6. The second-order valence-corrected chi connectivity index (χ2v) is 12.5. The van der Waals surface area contributed by atoms with Gasteiger partial charge >= 0.3 is 18.3 Å². The number of carbonyl (C=O) groups excluding carboxylic acids is 3. The SMILES string of the molecule is NC(=O)C1c2ccc(Cl)cc2CCN1C(=O)[C@]1(Oc2csc(C(F)(F)F)c2)CCCN(C(=O)c2ncccc2C(F)(F)F)[C@@H]1CC(=O)O. The number of primary amides is 1. The van der Waals surface area contributed by atoms with Crippen molar-refractivity contribution in [3.8, 4) is 5.75 Å². The van der Waals surface area contributed by atoms with Crippen molar-refractivity contribution in [2.24, 2.45) is 5.73 Å². The number of benzene rings is 1. The molecule has 5 rings (SSSR count). The quantitative estimate of drug-likeness (QED) is 0.314. The molecule has 0 bridgehead atoms. The second-order valence-electron chi connectivity index (χ2n) is 11.1. The number of rotatable bonds is 7. The lowest BCUT2D eigenvalue weighted by atomic mass is 9.79. The number of carboxylic acid groups (broad SMARTS) is 1. The van der Waals surface area contributed by atoms with Gasteiger partial charge in [-0.05, 0) is 48.2 Å². The summed E-state index contributed by atoms with van der Waals surface area (Å²) in [6, 6.07) is 3.23. The maximum Gasteiger partial charge on any atom is 0.425 e. The molecule has 18 heteroatoms. The van der Waals surface area contributed by atoms with E-state index in [0.29, 0.717) is 27.6 Å². The van der Waals surface area contributed by atoms with Crippen molar-refractivity contribution < 1.29 is 55.4 Å². The number of carboxylic acids is 1. The molecule has 1 unspecified atom stereocenters. The molecule has 0 aliphatic carbocycles. The van der Waals surface area contributed by atoms with E-state index in [-0.39, 0.29) is 42.8 Å². The number of amides is 3. The molecule has 3 aromatic rings. The Morgan fingerprint density at radius 1 is 1.06 bits per heavy atom. The average molecular weight is 719 g/mol. The summed E-state index contributed by atoms with van der Waals surface area (Å²) >= 11 is 6.33. The minimum atomic E-state index is -5.05. The third kappa shape index (κ3) is 6.65. The molecule has 3 amide bonds. The van der Waals surface area contributed by atoms with Crippen LogP contribution in [0.3, 0.4) is 0 Å². The monoisotopic (exact) mass is 718 g/mol. The van der Waals surface area contributed by atoms with Gasteiger partial charge in [0, 0.05) is 42.2 Å². The maximum atomic E-state index is 14.8. The van der Waals surface area contributed by atoms with Gasteiger partial charge in [-0.1, -0.05) is 17.7 Å². The van der Waals surface area contributed by atoms with Gasteiger partial charge in [0.1, 0.15) is 22.4 Å². The van der Waals surface area contributed by atoms with Crippen LogP contribution in [0.1, 0.15) is 57.4 Å². The van der Waals surface area contributed by atoms with Gasteiger partial charge in [0.05, 0.1) is 18.0 Å². The highest BCUT2D eigenvalue weighted by atomic mass is 35.5. The Bertz CT molecular complexity index is 1770. The van der Waals surface area contributed by atoms with Gasteiger partial charge in [-0.15, -0.1) is 11.3 Å². The number of halogens is 7. The smallest absolute Gasteiger partial charge is 0.425 e. The summed E-state index contributed by atoms with van der Waals surface area (Å²) < 4.78 is 88.5. The van der Waals surface area contributed by atoms with E-state index in [1.807, 2.05) is 0 Å². The van der Waals surface area contributed by atoms with Gasteiger partial charge in [-0.25, -0.2) is 0 Å². The third-order valence-electron chi connectivity index (χ3n) is 8.19. The van der Waals surface area contributed by atoms with E-state index >= 15 is 0 Å². The number of aromatic nitrogens is 1. The van der Waals surface area contributed by atoms with Crippen LogP contribution < -0.4 is 10.5 Å². The highest BCUT2D eigenvalue weighted by Crippen LogP contribution is 2.44. The Hall–Kier alpha value is -4.38. The molecule has 1 aromatic carbocycles. The topological polar surface area (TPSA) is 143 Å². The van der Waals surface area contributed by atoms with Crippen molar-refractivity contribution in [1.29, 1.82) is 0 Å². The largest absolute Gasteiger partial charge is 0.481 e. The third-order valence-corrected chi connectivity index (χ3v) is 9.38. The zero-order valence-electron chi connectivity index (χ0n) is 24.5. The Labute approximate surface area is 277 Å². The molecule has 256 valence electrons. The Balaban J connectivity index is 1.68. The Kier molecular flexibility index (Phi) is 9.40. The van der Waals surface area contributed by atoms with Crippen LogP contribution in [-0.2, 0) is 33.2 Å². The molecule has 1 fully saturated rings. The number of hydrogen-bond acceptors (Lipinski definition) is 7. The number of nitrogens with zero attached hydrogens (tertiary/aromatic N) is 3. The minimum absolute atomic E-state index is 0.118. The molecule has 2 aromatic heterocycles. The van der Waals surface area contributed by atoms with Crippen molar-refractivity contribution in [2.45, 2.75) is 55.7 Å². The van der Waals surface area contributed by atoms with Crippen LogP contribution in [0.15, 0.2) is 48.0 Å². The lowest BCUT2D eigenvalue weighted by molar-refractivity contribution is -0.166. The number of fused-ring (bicyclic) bond motifs is 1. The zero-order valence-corrected chi connectivity index (χ0v) is 26.1. The number of ether oxygens (including phenoxy) is 1. The molecule has 2 aliphatic rings. The molecule has 0 saturated carbocycles. The van der Waals surface area contributed by atoms with Gasteiger partial charge in [0.15, 0.2) is 0 Å². The first-order chi connectivity index (χ1) is 22.4. The predicted octanol–water partition coefficient (Wildman–Crippen LogP) is 5.34. The summed E-state index contributed by atoms with van der Waals surface area (Å²) in [6.07, 6.45) is -10.5. The van der Waals surface area contributed by atoms with Crippen LogP contribution in [0.5, 0.6) is 5.75 Å². The zero-order chi connectivity index (χ0) is 35.2. The normalized spacial score (nSPS) is 21.4.